The Balaban J connectivity index is 1.45. The van der Waals surface area contributed by atoms with Gasteiger partial charge in [0, 0.05) is 31.0 Å². The fraction of sp³-hybridized carbons (Fsp3) is 0.300. The molecule has 5 heteroatoms. The number of nitrogens with one attached hydrogen (secondary N) is 1. The van der Waals surface area contributed by atoms with Crippen LogP contribution in [0.25, 0.3) is 0 Å². The molecule has 1 fully saturated rings. The van der Waals surface area contributed by atoms with Gasteiger partial charge >= 0.3 is 0 Å². The number of halogens is 1. The maximum atomic E-state index is 13.0. The number of amides is 2. The molecule has 0 spiro atoms. The van der Waals surface area contributed by atoms with Crippen LogP contribution in [-0.4, -0.2) is 23.9 Å². The van der Waals surface area contributed by atoms with E-state index in [1.807, 2.05) is 24.3 Å². The van der Waals surface area contributed by atoms with E-state index >= 15 is 0 Å². The van der Waals surface area contributed by atoms with Crippen molar-refractivity contribution in [2.45, 2.75) is 37.8 Å². The molecule has 1 N–H and O–H groups in total. The molecule has 1 saturated carbocycles. The van der Waals surface area contributed by atoms with E-state index < -0.39 is 6.04 Å². The summed E-state index contributed by atoms with van der Waals surface area (Å²) in [7, 11) is 0. The molecule has 4 nitrogen and oxygen atoms in total. The summed E-state index contributed by atoms with van der Waals surface area (Å²) in [5.41, 5.74) is 2.87. The van der Waals surface area contributed by atoms with Crippen LogP contribution >= 0.6 is 0 Å². The fourth-order valence-electron chi connectivity index (χ4n) is 3.70. The topological polar surface area (TPSA) is 49.4 Å². The van der Waals surface area contributed by atoms with Gasteiger partial charge in [-0.2, -0.15) is 0 Å². The minimum atomic E-state index is -0.496. The van der Waals surface area contributed by atoms with Gasteiger partial charge in [0.05, 0.1) is 0 Å². The zero-order valence-corrected chi connectivity index (χ0v) is 13.9. The summed E-state index contributed by atoms with van der Waals surface area (Å²) >= 11 is 0. The Hall–Kier alpha value is -2.69. The lowest BCUT2D eigenvalue weighted by Gasteiger charge is -2.23. The largest absolute Gasteiger partial charge is 0.351 e. The quantitative estimate of drug-likeness (QED) is 0.935. The van der Waals surface area contributed by atoms with Gasteiger partial charge < -0.3 is 5.32 Å². The average molecular weight is 338 g/mol. The number of nitrogens with zero attached hydrogens (tertiary/aromatic N) is 1. The molecule has 1 aliphatic carbocycles. The number of carbonyl (C=O) groups excluding carboxylic acids is 2. The monoisotopic (exact) mass is 338 g/mol. The zero-order valence-electron chi connectivity index (χ0n) is 13.9. The van der Waals surface area contributed by atoms with Crippen LogP contribution < -0.4 is 10.2 Å². The van der Waals surface area contributed by atoms with Crippen LogP contribution in [0.4, 0.5) is 10.1 Å². The van der Waals surface area contributed by atoms with Crippen LogP contribution in [0.2, 0.25) is 0 Å². The third-order valence-electron chi connectivity index (χ3n) is 5.03. The van der Waals surface area contributed by atoms with Crippen molar-refractivity contribution in [1.82, 2.24) is 5.32 Å². The van der Waals surface area contributed by atoms with Gasteiger partial charge in [0.15, 0.2) is 0 Å². The first-order valence-corrected chi connectivity index (χ1v) is 8.48. The van der Waals surface area contributed by atoms with Crippen molar-refractivity contribution in [3.8, 4) is 0 Å². The number of rotatable bonds is 3. The number of fused-ring (bicyclic) bond motifs is 1. The highest BCUT2D eigenvalue weighted by Gasteiger charge is 2.43. The van der Waals surface area contributed by atoms with Gasteiger partial charge in [-0.25, -0.2) is 4.39 Å². The maximum Gasteiger partial charge on any atom is 0.243 e. The van der Waals surface area contributed by atoms with E-state index in [9.17, 15) is 14.0 Å². The van der Waals surface area contributed by atoms with Crippen molar-refractivity contribution in [1.29, 1.82) is 0 Å². The highest BCUT2D eigenvalue weighted by atomic mass is 19.1. The molecule has 2 aromatic rings. The predicted molar refractivity (Wildman–Crippen MR) is 92.8 cm³/mol. The van der Waals surface area contributed by atoms with Crippen LogP contribution in [0.3, 0.4) is 0 Å². The van der Waals surface area contributed by atoms with Gasteiger partial charge in [0.1, 0.15) is 11.9 Å². The molecule has 4 rings (SSSR count). The van der Waals surface area contributed by atoms with Gasteiger partial charge in [-0.15, -0.1) is 0 Å². The van der Waals surface area contributed by atoms with Gasteiger partial charge in [-0.1, -0.05) is 30.3 Å². The number of hydrogen-bond acceptors (Lipinski definition) is 2. The molecule has 128 valence electrons. The van der Waals surface area contributed by atoms with Crippen molar-refractivity contribution >= 4 is 17.5 Å². The Labute approximate surface area is 145 Å². The van der Waals surface area contributed by atoms with Crippen LogP contribution in [0.5, 0.6) is 0 Å². The molecule has 1 aliphatic heterocycles. The Morgan fingerprint density at radius 3 is 2.56 bits per heavy atom. The first-order valence-electron chi connectivity index (χ1n) is 8.48. The van der Waals surface area contributed by atoms with Crippen LogP contribution in [0.15, 0.2) is 48.5 Å². The first-order chi connectivity index (χ1) is 12.0. The van der Waals surface area contributed by atoms with Crippen molar-refractivity contribution in [2.75, 3.05) is 4.90 Å². The Bertz CT molecular complexity index is 834. The normalized spacial score (nSPS) is 23.9. The van der Waals surface area contributed by atoms with Crippen molar-refractivity contribution < 1.29 is 14.0 Å². The van der Waals surface area contributed by atoms with Crippen molar-refractivity contribution in [2.24, 2.45) is 0 Å². The van der Waals surface area contributed by atoms with Crippen LogP contribution in [-0.2, 0) is 16.0 Å². The summed E-state index contributed by atoms with van der Waals surface area (Å²) in [6, 6.07) is 13.6. The van der Waals surface area contributed by atoms with Gasteiger partial charge in [0.25, 0.3) is 0 Å². The highest BCUT2D eigenvalue weighted by molar-refractivity contribution is 6.02. The molecule has 0 unspecified atom stereocenters. The maximum absolute atomic E-state index is 13.0. The van der Waals surface area contributed by atoms with E-state index in [1.54, 1.807) is 17.0 Å². The zero-order chi connectivity index (χ0) is 17.6. The summed E-state index contributed by atoms with van der Waals surface area (Å²) in [5.74, 6) is -0.290. The van der Waals surface area contributed by atoms with E-state index in [0.717, 1.165) is 23.2 Å². The van der Waals surface area contributed by atoms with Gasteiger partial charge in [-0.05, 0) is 35.7 Å². The molecule has 2 amide bonds. The van der Waals surface area contributed by atoms with E-state index in [1.165, 1.54) is 19.1 Å². The van der Waals surface area contributed by atoms with Crippen LogP contribution in [0, 0.1) is 5.82 Å². The molecule has 0 saturated heterocycles. The molecule has 0 radical (unpaired) electrons. The third kappa shape index (κ3) is 2.90. The van der Waals surface area contributed by atoms with E-state index in [-0.39, 0.29) is 29.6 Å². The van der Waals surface area contributed by atoms with E-state index in [0.29, 0.717) is 6.42 Å². The molecule has 2 aromatic carbocycles. The lowest BCUT2D eigenvalue weighted by molar-refractivity contribution is -0.125. The second-order valence-electron chi connectivity index (χ2n) is 6.75. The molecule has 0 aromatic heterocycles. The van der Waals surface area contributed by atoms with Gasteiger partial charge in [-0.3, -0.25) is 14.5 Å². The number of hydrogen-bond donors (Lipinski definition) is 1. The van der Waals surface area contributed by atoms with Crippen molar-refractivity contribution in [3.05, 3.63) is 65.5 Å². The Morgan fingerprint density at radius 1 is 1.12 bits per heavy atom. The van der Waals surface area contributed by atoms with Gasteiger partial charge in [0.2, 0.25) is 11.8 Å². The van der Waals surface area contributed by atoms with E-state index in [2.05, 4.69) is 5.32 Å². The second-order valence-corrected chi connectivity index (χ2v) is 6.75. The minimum Gasteiger partial charge on any atom is -0.351 e. The molecule has 3 atom stereocenters. The van der Waals surface area contributed by atoms with Crippen LogP contribution in [0.1, 0.15) is 30.4 Å². The number of benzene rings is 2. The first kappa shape index (κ1) is 15.8. The predicted octanol–water partition coefficient (Wildman–Crippen LogP) is 2.78. The second kappa shape index (κ2) is 5.99. The van der Waals surface area contributed by atoms with E-state index in [4.69, 9.17) is 0 Å². The van der Waals surface area contributed by atoms with Crippen molar-refractivity contribution in [3.63, 3.8) is 0 Å². The smallest absolute Gasteiger partial charge is 0.243 e. The molecule has 0 bridgehead atoms. The summed E-state index contributed by atoms with van der Waals surface area (Å²) in [6.07, 6.45) is 1.38. The lowest BCUT2D eigenvalue weighted by atomic mass is 10.1. The highest BCUT2D eigenvalue weighted by Crippen LogP contribution is 2.41. The molecule has 2 aliphatic rings. The SMILES string of the molecule is CC(=O)N1c2ccccc2C[C@H]1C(=O)N[C@@H]1C[C@H]1c1ccc(F)cc1. The minimum absolute atomic E-state index is 0.0514. The fourth-order valence-corrected chi connectivity index (χ4v) is 3.70. The number of carbonyl (C=O) groups is 2. The summed E-state index contributed by atoms with van der Waals surface area (Å²) in [5, 5.41) is 3.05. The molecular weight excluding hydrogens is 319 g/mol. The lowest BCUT2D eigenvalue weighted by Crippen LogP contribution is -2.48. The molecule has 1 heterocycles. The Morgan fingerprint density at radius 2 is 1.84 bits per heavy atom. The summed E-state index contributed by atoms with van der Waals surface area (Å²) in [4.78, 5) is 26.4. The standard InChI is InChI=1S/C20H19FN2O2/c1-12(24)23-18-5-3-2-4-14(18)10-19(23)20(25)22-17-11-16(17)13-6-8-15(21)9-7-13/h2-9,16-17,19H,10-11H2,1H3,(H,22,25)/t16-,17+,19-/m0/s1. The Kier molecular flexibility index (Phi) is 3.79. The number of para-hydroxylation sites is 1. The summed E-state index contributed by atoms with van der Waals surface area (Å²) in [6.45, 7) is 1.49. The average Bonchev–Trinajstić information content (AvgIpc) is 3.23. The molecular formula is C20H19FN2O2. The third-order valence-corrected chi connectivity index (χ3v) is 5.03. The molecule has 25 heavy (non-hydrogen) atoms. The summed E-state index contributed by atoms with van der Waals surface area (Å²) < 4.78 is 13.0. The number of anilines is 1.